The summed E-state index contributed by atoms with van der Waals surface area (Å²) < 4.78 is 5.15. The maximum Gasteiger partial charge on any atom is 0.339 e. The van der Waals surface area contributed by atoms with Gasteiger partial charge < -0.3 is 4.74 Å². The maximum absolute atomic E-state index is 11.8. The fourth-order valence-corrected chi connectivity index (χ4v) is 2.04. The number of cyclic esters (lactones) is 1. The molecule has 134 valence electrons. The highest BCUT2D eigenvalue weighted by Gasteiger charge is 2.27. The zero-order valence-electron chi connectivity index (χ0n) is 16.7. The summed E-state index contributed by atoms with van der Waals surface area (Å²) in [7, 11) is 0. The van der Waals surface area contributed by atoms with Crippen LogP contribution in [0.5, 0.6) is 0 Å². The van der Waals surface area contributed by atoms with Gasteiger partial charge in [-0.05, 0) is 25.0 Å². The Bertz CT molecular complexity index is 546. The third kappa shape index (κ3) is 6.57. The van der Waals surface area contributed by atoms with Gasteiger partial charge in [0.2, 0.25) is 0 Å². The van der Waals surface area contributed by atoms with Gasteiger partial charge in [0.15, 0.2) is 0 Å². The van der Waals surface area contributed by atoms with Gasteiger partial charge in [-0.15, -0.1) is 0 Å². The van der Waals surface area contributed by atoms with Crippen molar-refractivity contribution in [3.8, 4) is 0 Å². The lowest BCUT2D eigenvalue weighted by Gasteiger charge is -2.05. The van der Waals surface area contributed by atoms with Crippen LogP contribution in [-0.2, 0) is 9.53 Å². The summed E-state index contributed by atoms with van der Waals surface area (Å²) in [6, 6.07) is 8.10. The second-order valence-corrected chi connectivity index (χ2v) is 4.24. The summed E-state index contributed by atoms with van der Waals surface area (Å²) in [5.74, 6) is -0.265. The molecule has 0 bridgehead atoms. The molecule has 0 fully saturated rings. The molecule has 1 aromatic rings. The molecule has 0 saturated heterocycles. The molecule has 0 spiro atoms. The van der Waals surface area contributed by atoms with E-state index in [2.05, 4.69) is 6.58 Å². The number of ether oxygens (including phenoxy) is 1. The Morgan fingerprint density at radius 2 is 1.54 bits per heavy atom. The van der Waals surface area contributed by atoms with Gasteiger partial charge in [0.25, 0.3) is 0 Å². The number of allylic oxidation sites excluding steroid dienone is 2. The molecule has 0 radical (unpaired) electrons. The molecule has 0 saturated carbocycles. The average Bonchev–Trinajstić information content (AvgIpc) is 3.04. The van der Waals surface area contributed by atoms with Crippen molar-refractivity contribution in [3.05, 3.63) is 65.3 Å². The number of hydrogen-bond donors (Lipinski definition) is 0. The predicted molar refractivity (Wildman–Crippen MR) is 107 cm³/mol. The van der Waals surface area contributed by atoms with Crippen LogP contribution in [0.4, 0.5) is 0 Å². The average molecular weight is 331 g/mol. The molecule has 2 rings (SSSR count). The highest BCUT2D eigenvalue weighted by atomic mass is 16.5. The Labute approximate surface area is 148 Å². The maximum atomic E-state index is 11.8. The zero-order chi connectivity index (χ0) is 19.1. The van der Waals surface area contributed by atoms with Gasteiger partial charge in [0, 0.05) is 5.57 Å². The Morgan fingerprint density at radius 3 is 1.96 bits per heavy atom. The van der Waals surface area contributed by atoms with E-state index in [0.29, 0.717) is 12.2 Å². The minimum Gasteiger partial charge on any atom is -0.457 e. The van der Waals surface area contributed by atoms with Crippen molar-refractivity contribution in [2.75, 3.05) is 6.61 Å². The molecule has 2 heteroatoms. The minimum atomic E-state index is -0.265. The van der Waals surface area contributed by atoms with Crippen molar-refractivity contribution in [2.24, 2.45) is 0 Å². The summed E-state index contributed by atoms with van der Waals surface area (Å²) in [6.07, 6.45) is 3.57. The van der Waals surface area contributed by atoms with E-state index in [0.717, 1.165) is 16.7 Å². The van der Waals surface area contributed by atoms with E-state index in [9.17, 15) is 4.79 Å². The fraction of sp³-hybridized carbons (Fsp3) is 0.409. The van der Waals surface area contributed by atoms with Crippen LogP contribution in [0.25, 0.3) is 5.57 Å². The second kappa shape index (κ2) is 14.5. The number of aryl methyl sites for hydroxylation is 1. The van der Waals surface area contributed by atoms with Crippen LogP contribution >= 0.6 is 0 Å². The van der Waals surface area contributed by atoms with Gasteiger partial charge >= 0.3 is 5.97 Å². The van der Waals surface area contributed by atoms with E-state index in [-0.39, 0.29) is 5.97 Å². The Hall–Kier alpha value is -2.09. The largest absolute Gasteiger partial charge is 0.457 e. The zero-order valence-corrected chi connectivity index (χ0v) is 16.7. The van der Waals surface area contributed by atoms with Crippen LogP contribution in [0.15, 0.2) is 54.1 Å². The van der Waals surface area contributed by atoms with Gasteiger partial charge in [-0.1, -0.05) is 90.1 Å². The first-order valence-corrected chi connectivity index (χ1v) is 8.93. The van der Waals surface area contributed by atoms with E-state index >= 15 is 0 Å². The fourth-order valence-electron chi connectivity index (χ4n) is 2.04. The molecule has 1 aliphatic rings. The number of hydrogen-bond acceptors (Lipinski definition) is 2. The predicted octanol–water partition coefficient (Wildman–Crippen LogP) is 6.52. The molecule has 0 N–H and O–H groups in total. The highest BCUT2D eigenvalue weighted by molar-refractivity contribution is 6.06. The molecular formula is C22H34O2. The van der Waals surface area contributed by atoms with Crippen LogP contribution < -0.4 is 0 Å². The monoisotopic (exact) mass is 330 g/mol. The van der Waals surface area contributed by atoms with Crippen LogP contribution in [0.1, 0.15) is 59.6 Å². The van der Waals surface area contributed by atoms with E-state index in [4.69, 9.17) is 4.74 Å². The van der Waals surface area contributed by atoms with Crippen molar-refractivity contribution in [1.29, 1.82) is 0 Å². The van der Waals surface area contributed by atoms with Crippen molar-refractivity contribution < 1.29 is 9.53 Å². The van der Waals surface area contributed by atoms with Gasteiger partial charge in [0.05, 0.1) is 5.57 Å². The first-order valence-electron chi connectivity index (χ1n) is 8.93. The van der Waals surface area contributed by atoms with Crippen molar-refractivity contribution in [3.63, 3.8) is 0 Å². The molecular weight excluding hydrogens is 296 g/mol. The summed E-state index contributed by atoms with van der Waals surface area (Å²) in [4.78, 5) is 11.8. The lowest BCUT2D eigenvalue weighted by atomic mass is 9.96. The summed E-state index contributed by atoms with van der Waals surface area (Å²) in [5.41, 5.74) is 4.63. The number of benzene rings is 1. The summed E-state index contributed by atoms with van der Waals surface area (Å²) >= 11 is 0. The van der Waals surface area contributed by atoms with Gasteiger partial charge in [-0.3, -0.25) is 0 Å². The molecule has 1 aliphatic heterocycles. The van der Waals surface area contributed by atoms with E-state index in [1.54, 1.807) is 6.08 Å². The summed E-state index contributed by atoms with van der Waals surface area (Å²) in [6.45, 7) is 20.0. The molecule has 2 nitrogen and oxygen atoms in total. The van der Waals surface area contributed by atoms with Gasteiger partial charge in [-0.2, -0.15) is 0 Å². The van der Waals surface area contributed by atoms with E-state index in [1.165, 1.54) is 5.56 Å². The van der Waals surface area contributed by atoms with Crippen LogP contribution in [0.2, 0.25) is 0 Å². The Balaban J connectivity index is 0. The minimum absolute atomic E-state index is 0.265. The molecule has 1 aromatic carbocycles. The van der Waals surface area contributed by atoms with Crippen LogP contribution in [0, 0.1) is 6.92 Å². The number of carbonyl (C=O) groups is 1. The molecule has 0 atom stereocenters. The SMILES string of the molecule is C=C/C(=C\C)C1=C(c2ccc(C)cc2)COC1=O.CC.CC.CC. The first-order chi connectivity index (χ1) is 11.7. The topological polar surface area (TPSA) is 26.3 Å². The number of esters is 1. The molecule has 0 unspecified atom stereocenters. The van der Waals surface area contributed by atoms with Gasteiger partial charge in [0.1, 0.15) is 6.61 Å². The first kappa shape index (κ1) is 24.2. The lowest BCUT2D eigenvalue weighted by molar-refractivity contribution is -0.135. The smallest absolute Gasteiger partial charge is 0.339 e. The Morgan fingerprint density at radius 1 is 1.04 bits per heavy atom. The van der Waals surface area contributed by atoms with Crippen LogP contribution in [-0.4, -0.2) is 12.6 Å². The molecule has 0 aliphatic carbocycles. The molecule has 0 aromatic heterocycles. The molecule has 1 heterocycles. The van der Waals surface area contributed by atoms with Crippen molar-refractivity contribution in [2.45, 2.75) is 55.4 Å². The summed E-state index contributed by atoms with van der Waals surface area (Å²) in [5, 5.41) is 0. The number of rotatable bonds is 3. The number of carbonyl (C=O) groups excluding carboxylic acids is 1. The molecule has 0 amide bonds. The third-order valence-corrected chi connectivity index (χ3v) is 3.07. The van der Waals surface area contributed by atoms with E-state index in [1.807, 2.05) is 85.7 Å². The van der Waals surface area contributed by atoms with Crippen molar-refractivity contribution in [1.82, 2.24) is 0 Å². The van der Waals surface area contributed by atoms with Crippen molar-refractivity contribution >= 4 is 11.5 Å². The highest BCUT2D eigenvalue weighted by Crippen LogP contribution is 2.31. The van der Waals surface area contributed by atoms with Gasteiger partial charge in [-0.25, -0.2) is 4.79 Å². The third-order valence-electron chi connectivity index (χ3n) is 3.07. The standard InChI is InChI=1S/C16H16O2.3C2H6/c1-4-12(5-2)15-14(10-18-16(15)17)13-8-6-11(3)7-9-13;3*1-2/h4-9H,1,10H2,2-3H3;3*1-2H3/b12-5+;;;. The van der Waals surface area contributed by atoms with E-state index < -0.39 is 0 Å². The second-order valence-electron chi connectivity index (χ2n) is 4.24. The quantitative estimate of drug-likeness (QED) is 0.466. The van der Waals surface area contributed by atoms with Crippen LogP contribution in [0.3, 0.4) is 0 Å². The molecule has 24 heavy (non-hydrogen) atoms. The Kier molecular flexibility index (Phi) is 14.6. The lowest BCUT2D eigenvalue weighted by Crippen LogP contribution is -2.00. The normalized spacial score (nSPS) is 12.7.